The fourth-order valence-corrected chi connectivity index (χ4v) is 3.86. The Kier molecular flexibility index (Phi) is 5.53. The summed E-state index contributed by atoms with van der Waals surface area (Å²) >= 11 is 1.36. The van der Waals surface area contributed by atoms with Crippen molar-refractivity contribution in [3.63, 3.8) is 0 Å². The monoisotopic (exact) mass is 420 g/mol. The molecule has 0 saturated carbocycles. The van der Waals surface area contributed by atoms with Gasteiger partial charge >= 0.3 is 0 Å². The zero-order valence-corrected chi connectivity index (χ0v) is 17.3. The van der Waals surface area contributed by atoms with E-state index in [2.05, 4.69) is 25.9 Å². The van der Waals surface area contributed by atoms with E-state index in [0.717, 1.165) is 27.9 Å². The highest BCUT2D eigenvalue weighted by Crippen LogP contribution is 2.26. The highest BCUT2D eigenvalue weighted by molar-refractivity contribution is 7.14. The van der Waals surface area contributed by atoms with Crippen molar-refractivity contribution in [2.75, 3.05) is 5.32 Å². The molecule has 0 aliphatic heterocycles. The third-order valence-electron chi connectivity index (χ3n) is 4.59. The van der Waals surface area contributed by atoms with Gasteiger partial charge in [0.1, 0.15) is 12.1 Å². The molecule has 0 bridgehead atoms. The number of nitrogens with one attached hydrogen (secondary N) is 2. The Hall–Kier alpha value is -3.59. The number of para-hydroxylation sites is 1. The maximum absolute atomic E-state index is 12.4. The maximum atomic E-state index is 12.4. The van der Waals surface area contributed by atoms with Gasteiger partial charge in [-0.1, -0.05) is 41.6 Å². The van der Waals surface area contributed by atoms with E-state index in [1.807, 2.05) is 60.8 Å². The molecule has 2 aromatic heterocycles. The predicted molar refractivity (Wildman–Crippen MR) is 116 cm³/mol. The molecule has 2 aromatic carbocycles. The van der Waals surface area contributed by atoms with Gasteiger partial charge in [0.15, 0.2) is 5.13 Å². The molecule has 1 atom stereocenters. The average molecular weight is 420 g/mol. The third-order valence-corrected chi connectivity index (χ3v) is 5.35. The largest absolute Gasteiger partial charge is 0.350 e. The van der Waals surface area contributed by atoms with Crippen molar-refractivity contribution in [3.05, 3.63) is 59.5 Å². The molecule has 0 fully saturated rings. The summed E-state index contributed by atoms with van der Waals surface area (Å²) in [6, 6.07) is 15.3. The molecular weight excluding hydrogens is 400 g/mol. The number of rotatable bonds is 6. The molecule has 0 spiro atoms. The molecule has 152 valence electrons. The number of carbonyl (C=O) groups excluding carboxylic acids is 2. The number of anilines is 1. The van der Waals surface area contributed by atoms with Gasteiger partial charge in [-0.2, -0.15) is 0 Å². The van der Waals surface area contributed by atoms with E-state index in [0.29, 0.717) is 5.13 Å². The van der Waals surface area contributed by atoms with Crippen molar-refractivity contribution < 1.29 is 9.59 Å². The lowest BCUT2D eigenvalue weighted by Gasteiger charge is -2.13. The van der Waals surface area contributed by atoms with E-state index in [-0.39, 0.29) is 24.4 Å². The predicted octanol–water partition coefficient (Wildman–Crippen LogP) is 3.39. The van der Waals surface area contributed by atoms with E-state index < -0.39 is 0 Å². The van der Waals surface area contributed by atoms with Crippen LogP contribution in [0.2, 0.25) is 0 Å². The summed E-state index contributed by atoms with van der Waals surface area (Å²) in [5, 5.41) is 16.2. The first-order valence-electron chi connectivity index (χ1n) is 9.40. The number of hydrogen-bond donors (Lipinski definition) is 2. The second-order valence-electron chi connectivity index (χ2n) is 6.87. The Morgan fingerprint density at radius 1 is 1.13 bits per heavy atom. The summed E-state index contributed by atoms with van der Waals surface area (Å²) in [5.74, 6) is -0.281. The molecule has 4 aromatic rings. The fourth-order valence-electron chi connectivity index (χ4n) is 3.12. The van der Waals surface area contributed by atoms with Crippen LogP contribution in [0.1, 0.15) is 25.5 Å². The van der Waals surface area contributed by atoms with Crippen molar-refractivity contribution >= 4 is 39.3 Å². The third kappa shape index (κ3) is 4.36. The van der Waals surface area contributed by atoms with Gasteiger partial charge in [-0.3, -0.25) is 9.59 Å². The van der Waals surface area contributed by atoms with Crippen LogP contribution in [0.15, 0.2) is 53.9 Å². The van der Waals surface area contributed by atoms with Gasteiger partial charge in [-0.15, -0.1) is 16.4 Å². The number of carbonyl (C=O) groups is 2. The number of aromatic nitrogens is 4. The molecular formula is C21H20N6O2S. The van der Waals surface area contributed by atoms with Crippen molar-refractivity contribution in [1.82, 2.24) is 25.3 Å². The van der Waals surface area contributed by atoms with E-state index >= 15 is 0 Å². The maximum Gasteiger partial charge on any atom is 0.247 e. The molecule has 9 heteroatoms. The van der Waals surface area contributed by atoms with Crippen LogP contribution < -0.4 is 10.6 Å². The van der Waals surface area contributed by atoms with E-state index in [9.17, 15) is 9.59 Å². The van der Waals surface area contributed by atoms with Gasteiger partial charge in [0.2, 0.25) is 11.8 Å². The molecule has 0 saturated heterocycles. The lowest BCUT2D eigenvalue weighted by molar-refractivity contribution is -0.119. The Bertz CT molecular complexity index is 1200. The van der Waals surface area contributed by atoms with Crippen LogP contribution >= 0.6 is 11.3 Å². The molecule has 2 N–H and O–H groups in total. The van der Waals surface area contributed by atoms with Crippen molar-refractivity contribution in [2.45, 2.75) is 26.4 Å². The number of nitrogens with zero attached hydrogens (tertiary/aromatic N) is 4. The summed E-state index contributed by atoms with van der Waals surface area (Å²) < 4.78 is 1.56. The standard InChI is InChI=1S/C21H20N6O2S/c1-13(22-14(2)28)15-7-9-16(10-8-15)18-12-30-21(23-18)24-20(29)11-27-19-6-4-3-5-17(19)25-26-27/h3-10,12-13H,11H2,1-2H3,(H,22,28)(H,23,24,29). The summed E-state index contributed by atoms with van der Waals surface area (Å²) in [7, 11) is 0. The van der Waals surface area contributed by atoms with Gasteiger partial charge in [-0.05, 0) is 24.6 Å². The molecule has 8 nitrogen and oxygen atoms in total. The first kappa shape index (κ1) is 19.7. The zero-order valence-electron chi connectivity index (χ0n) is 16.5. The summed E-state index contributed by atoms with van der Waals surface area (Å²) in [6.07, 6.45) is 0. The van der Waals surface area contributed by atoms with Gasteiger partial charge in [0, 0.05) is 17.9 Å². The number of benzene rings is 2. The van der Waals surface area contributed by atoms with Gasteiger partial charge in [0.05, 0.1) is 17.3 Å². The first-order chi connectivity index (χ1) is 14.5. The Morgan fingerprint density at radius 2 is 1.90 bits per heavy atom. The van der Waals surface area contributed by atoms with Crippen LogP contribution in [0, 0.1) is 0 Å². The second-order valence-corrected chi connectivity index (χ2v) is 7.72. The number of hydrogen-bond acceptors (Lipinski definition) is 6. The molecule has 4 rings (SSSR count). The Labute approximate surface area is 176 Å². The van der Waals surface area contributed by atoms with E-state index in [1.54, 1.807) is 4.68 Å². The lowest BCUT2D eigenvalue weighted by Crippen LogP contribution is -2.23. The van der Waals surface area contributed by atoms with E-state index in [4.69, 9.17) is 0 Å². The highest BCUT2D eigenvalue weighted by Gasteiger charge is 2.12. The van der Waals surface area contributed by atoms with Crippen LogP contribution in [0.4, 0.5) is 5.13 Å². The Morgan fingerprint density at radius 3 is 2.67 bits per heavy atom. The summed E-state index contributed by atoms with van der Waals surface area (Å²) in [4.78, 5) is 28.1. The molecule has 2 amide bonds. The van der Waals surface area contributed by atoms with Gasteiger partial charge in [0.25, 0.3) is 0 Å². The molecule has 2 heterocycles. The molecule has 0 aliphatic rings. The fraction of sp³-hybridized carbons (Fsp3) is 0.190. The SMILES string of the molecule is CC(=O)NC(C)c1ccc(-c2csc(NC(=O)Cn3nnc4ccccc43)n2)cc1. The Balaban J connectivity index is 1.41. The van der Waals surface area contributed by atoms with Gasteiger partial charge in [-0.25, -0.2) is 9.67 Å². The molecule has 0 radical (unpaired) electrons. The normalized spacial score (nSPS) is 11.9. The minimum Gasteiger partial charge on any atom is -0.350 e. The topological polar surface area (TPSA) is 102 Å². The smallest absolute Gasteiger partial charge is 0.247 e. The van der Waals surface area contributed by atoms with Crippen LogP contribution in [0.5, 0.6) is 0 Å². The van der Waals surface area contributed by atoms with Crippen LogP contribution in [0.3, 0.4) is 0 Å². The molecule has 30 heavy (non-hydrogen) atoms. The molecule has 0 aliphatic carbocycles. The van der Waals surface area contributed by atoms with Crippen molar-refractivity contribution in [2.24, 2.45) is 0 Å². The zero-order chi connectivity index (χ0) is 21.1. The van der Waals surface area contributed by atoms with E-state index in [1.165, 1.54) is 18.3 Å². The van der Waals surface area contributed by atoms with Crippen LogP contribution in [0.25, 0.3) is 22.3 Å². The summed E-state index contributed by atoms with van der Waals surface area (Å²) in [6.45, 7) is 3.50. The number of amides is 2. The van der Waals surface area contributed by atoms with Crippen LogP contribution in [-0.2, 0) is 16.1 Å². The number of fused-ring (bicyclic) bond motifs is 1. The van der Waals surface area contributed by atoms with Crippen LogP contribution in [-0.4, -0.2) is 31.8 Å². The van der Waals surface area contributed by atoms with Gasteiger partial charge < -0.3 is 10.6 Å². The number of thiazole rings is 1. The minimum atomic E-state index is -0.217. The molecule has 1 unspecified atom stereocenters. The first-order valence-corrected chi connectivity index (χ1v) is 10.3. The minimum absolute atomic E-state index is 0.0605. The lowest BCUT2D eigenvalue weighted by atomic mass is 10.1. The van der Waals surface area contributed by atoms with Crippen molar-refractivity contribution in [3.8, 4) is 11.3 Å². The average Bonchev–Trinajstić information content (AvgIpc) is 3.35. The second kappa shape index (κ2) is 8.42. The summed E-state index contributed by atoms with van der Waals surface area (Å²) in [5.41, 5.74) is 4.28. The highest BCUT2D eigenvalue weighted by atomic mass is 32.1. The van der Waals surface area contributed by atoms with Crippen molar-refractivity contribution in [1.29, 1.82) is 0 Å². The quantitative estimate of drug-likeness (QED) is 0.498.